The van der Waals surface area contributed by atoms with Crippen LogP contribution in [0.4, 0.5) is 5.69 Å². The van der Waals surface area contributed by atoms with Crippen LogP contribution >= 0.6 is 23.6 Å². The third kappa shape index (κ3) is 4.54. The molecular weight excluding hydrogens is 466 g/mol. The molecule has 168 valence electrons. The van der Waals surface area contributed by atoms with Gasteiger partial charge in [-0.15, -0.1) is 0 Å². The number of allylic oxidation sites excluding steroid dienone is 1. The fourth-order valence-electron chi connectivity index (χ4n) is 3.48. The van der Waals surface area contributed by atoms with E-state index in [1.165, 1.54) is 16.0 Å². The van der Waals surface area contributed by atoms with Crippen LogP contribution in [0.15, 0.2) is 83.9 Å². The molecule has 0 saturated carbocycles. The Balaban J connectivity index is 1.29. The highest BCUT2D eigenvalue weighted by Gasteiger charge is 2.17. The molecule has 1 aliphatic rings. The number of aliphatic imine (C=N–C) groups is 1. The molecule has 0 radical (unpaired) electrons. The SMILES string of the molecule is O=C(Nn1c(O)c(C=C2C=Nc3ccccc32)sc1=S)c1ccc(OCc2ccccc2)cc1. The van der Waals surface area contributed by atoms with Gasteiger partial charge in [0.1, 0.15) is 12.4 Å². The second kappa shape index (κ2) is 9.46. The number of carbonyl (C=O) groups is 1. The molecule has 6 nitrogen and oxygen atoms in total. The monoisotopic (exact) mass is 485 g/mol. The highest BCUT2D eigenvalue weighted by molar-refractivity contribution is 7.73. The summed E-state index contributed by atoms with van der Waals surface area (Å²) < 4.78 is 7.30. The first-order chi connectivity index (χ1) is 16.6. The molecule has 2 heterocycles. The summed E-state index contributed by atoms with van der Waals surface area (Å²) in [5.41, 5.74) is 6.86. The van der Waals surface area contributed by atoms with Crippen molar-refractivity contribution in [2.45, 2.75) is 6.61 Å². The zero-order valence-electron chi connectivity index (χ0n) is 17.8. The van der Waals surface area contributed by atoms with Crippen LogP contribution in [0, 0.1) is 3.95 Å². The Hall–Kier alpha value is -4.01. The number of fused-ring (bicyclic) bond motifs is 1. The molecule has 1 aliphatic heterocycles. The van der Waals surface area contributed by atoms with Crippen LogP contribution in [0.2, 0.25) is 0 Å². The van der Waals surface area contributed by atoms with Crippen molar-refractivity contribution >= 4 is 53.0 Å². The van der Waals surface area contributed by atoms with Gasteiger partial charge in [-0.2, -0.15) is 4.68 Å². The van der Waals surface area contributed by atoms with Crippen molar-refractivity contribution in [1.82, 2.24) is 4.68 Å². The van der Waals surface area contributed by atoms with Gasteiger partial charge in [0.25, 0.3) is 5.91 Å². The minimum atomic E-state index is -0.397. The minimum Gasteiger partial charge on any atom is -0.492 e. The van der Waals surface area contributed by atoms with Crippen molar-refractivity contribution in [2.75, 3.05) is 5.43 Å². The number of amides is 1. The lowest BCUT2D eigenvalue weighted by atomic mass is 10.1. The fourth-order valence-corrected chi connectivity index (χ4v) is 4.66. The number of carbonyl (C=O) groups excluding carboxylic acids is 1. The van der Waals surface area contributed by atoms with E-state index in [1.807, 2.05) is 60.7 Å². The Bertz CT molecular complexity index is 1470. The van der Waals surface area contributed by atoms with Crippen molar-refractivity contribution in [3.8, 4) is 11.6 Å². The molecular formula is C26H19N3O3S2. The summed E-state index contributed by atoms with van der Waals surface area (Å²) >= 11 is 6.57. The van der Waals surface area contributed by atoms with Crippen LogP contribution < -0.4 is 10.2 Å². The van der Waals surface area contributed by atoms with Crippen LogP contribution in [0.5, 0.6) is 11.6 Å². The molecule has 3 aromatic carbocycles. The van der Waals surface area contributed by atoms with Crippen LogP contribution in [-0.4, -0.2) is 21.9 Å². The maximum absolute atomic E-state index is 12.8. The third-order valence-electron chi connectivity index (χ3n) is 5.23. The molecule has 5 rings (SSSR count). The summed E-state index contributed by atoms with van der Waals surface area (Å²) in [6.07, 6.45) is 3.56. The van der Waals surface area contributed by atoms with Crippen molar-refractivity contribution in [2.24, 2.45) is 4.99 Å². The summed E-state index contributed by atoms with van der Waals surface area (Å²) in [6.45, 7) is 0.442. The topological polar surface area (TPSA) is 75.9 Å². The number of para-hydroxylation sites is 1. The summed E-state index contributed by atoms with van der Waals surface area (Å²) in [5.74, 6) is 0.130. The number of hydrogen-bond acceptors (Lipinski definition) is 6. The predicted molar refractivity (Wildman–Crippen MR) is 138 cm³/mol. The quantitative estimate of drug-likeness (QED) is 0.319. The molecule has 34 heavy (non-hydrogen) atoms. The van der Waals surface area contributed by atoms with Crippen LogP contribution in [0.25, 0.3) is 11.6 Å². The lowest BCUT2D eigenvalue weighted by Gasteiger charge is -2.09. The minimum absolute atomic E-state index is 0.128. The highest BCUT2D eigenvalue weighted by atomic mass is 32.1. The number of nitrogens with zero attached hydrogens (tertiary/aromatic N) is 2. The zero-order valence-corrected chi connectivity index (χ0v) is 19.5. The van der Waals surface area contributed by atoms with E-state index in [0.717, 1.165) is 22.4 Å². The van der Waals surface area contributed by atoms with Crippen molar-refractivity contribution in [3.63, 3.8) is 0 Å². The van der Waals surface area contributed by atoms with E-state index in [-0.39, 0.29) is 5.88 Å². The van der Waals surface area contributed by atoms with E-state index in [9.17, 15) is 9.90 Å². The number of aromatic hydroxyl groups is 1. The normalized spacial score (nSPS) is 13.1. The van der Waals surface area contributed by atoms with Crippen molar-refractivity contribution in [1.29, 1.82) is 0 Å². The largest absolute Gasteiger partial charge is 0.492 e. The van der Waals surface area contributed by atoms with Gasteiger partial charge in [0.15, 0.2) is 3.95 Å². The average molecular weight is 486 g/mol. The number of benzene rings is 3. The highest BCUT2D eigenvalue weighted by Crippen LogP contribution is 2.35. The summed E-state index contributed by atoms with van der Waals surface area (Å²) in [7, 11) is 0. The number of ether oxygens (including phenoxy) is 1. The molecule has 0 fully saturated rings. The van der Waals surface area contributed by atoms with E-state index >= 15 is 0 Å². The first kappa shape index (κ1) is 21.8. The maximum atomic E-state index is 12.8. The Labute approximate surface area is 205 Å². The van der Waals surface area contributed by atoms with Crippen LogP contribution in [0.3, 0.4) is 0 Å². The number of thiazole rings is 1. The van der Waals surface area contributed by atoms with Crippen LogP contribution in [0.1, 0.15) is 26.4 Å². The van der Waals surface area contributed by atoms with E-state index in [2.05, 4.69) is 10.4 Å². The van der Waals surface area contributed by atoms with E-state index in [1.54, 1.807) is 30.5 Å². The Morgan fingerprint density at radius 2 is 1.79 bits per heavy atom. The predicted octanol–water partition coefficient (Wildman–Crippen LogP) is 6.20. The van der Waals surface area contributed by atoms with Gasteiger partial charge in [-0.25, -0.2) is 0 Å². The standard InChI is InChI=1S/C26H19N3O3S2/c30-24(18-10-12-20(13-11-18)32-16-17-6-2-1-3-7-17)28-29-25(31)23(34-26(29)33)14-19-15-27-22-9-5-4-8-21(19)22/h1-15,31H,16H2,(H,28,30). The van der Waals surface area contributed by atoms with Gasteiger partial charge in [0.05, 0.1) is 10.6 Å². The zero-order chi connectivity index (χ0) is 23.5. The lowest BCUT2D eigenvalue weighted by Crippen LogP contribution is -2.22. The van der Waals surface area contributed by atoms with Gasteiger partial charge in [-0.1, -0.05) is 59.9 Å². The van der Waals surface area contributed by atoms with Crippen LogP contribution in [-0.2, 0) is 6.61 Å². The summed E-state index contributed by atoms with van der Waals surface area (Å²) in [5, 5.41) is 10.7. The fraction of sp³-hybridized carbons (Fsp3) is 0.0385. The van der Waals surface area contributed by atoms with E-state index < -0.39 is 5.91 Å². The molecule has 4 aromatic rings. The molecule has 8 heteroatoms. The molecule has 0 saturated heterocycles. The third-order valence-corrected chi connectivity index (χ3v) is 6.54. The maximum Gasteiger partial charge on any atom is 0.270 e. The molecule has 0 atom stereocenters. The number of nitrogens with one attached hydrogen (secondary N) is 1. The van der Waals surface area contributed by atoms with Gasteiger partial charge in [0, 0.05) is 22.9 Å². The van der Waals surface area contributed by atoms with Gasteiger partial charge < -0.3 is 9.84 Å². The molecule has 0 bridgehead atoms. The van der Waals surface area contributed by atoms with Gasteiger partial charge >= 0.3 is 0 Å². The summed E-state index contributed by atoms with van der Waals surface area (Å²) in [6, 6.07) is 24.4. The molecule has 0 unspecified atom stereocenters. The van der Waals surface area contributed by atoms with Gasteiger partial charge in [-0.05, 0) is 54.2 Å². The number of aromatic nitrogens is 1. The van der Waals surface area contributed by atoms with Gasteiger partial charge in [-0.3, -0.25) is 15.2 Å². The van der Waals surface area contributed by atoms with E-state index in [0.29, 0.717) is 26.8 Å². The first-order valence-corrected chi connectivity index (χ1v) is 11.7. The van der Waals surface area contributed by atoms with Crippen molar-refractivity contribution < 1.29 is 14.6 Å². The molecule has 1 amide bonds. The average Bonchev–Trinajstić information content (AvgIpc) is 3.39. The second-order valence-corrected chi connectivity index (χ2v) is 9.18. The molecule has 0 spiro atoms. The molecule has 0 aliphatic carbocycles. The van der Waals surface area contributed by atoms with E-state index in [4.69, 9.17) is 17.0 Å². The van der Waals surface area contributed by atoms with Gasteiger partial charge in [0.2, 0.25) is 5.88 Å². The lowest BCUT2D eigenvalue weighted by molar-refractivity contribution is 0.101. The number of rotatable bonds is 6. The first-order valence-electron chi connectivity index (χ1n) is 10.5. The molecule has 2 N–H and O–H groups in total. The number of hydrogen-bond donors (Lipinski definition) is 2. The smallest absolute Gasteiger partial charge is 0.270 e. The Morgan fingerprint density at radius 3 is 2.59 bits per heavy atom. The Kier molecular flexibility index (Phi) is 6.07. The van der Waals surface area contributed by atoms with Crippen molar-refractivity contribution in [3.05, 3.63) is 104 Å². The second-order valence-electron chi connectivity index (χ2n) is 7.51. The Morgan fingerprint density at radius 1 is 1.06 bits per heavy atom. The molecule has 1 aromatic heterocycles. The summed E-state index contributed by atoms with van der Waals surface area (Å²) in [4.78, 5) is 17.7.